The lowest BCUT2D eigenvalue weighted by Gasteiger charge is -2.36. The highest BCUT2D eigenvalue weighted by Gasteiger charge is 2.22. The molecule has 1 aromatic heterocycles. The van der Waals surface area contributed by atoms with Gasteiger partial charge < -0.3 is 9.80 Å². The fourth-order valence-electron chi connectivity index (χ4n) is 2.66. The highest BCUT2D eigenvalue weighted by molar-refractivity contribution is 5.94. The number of carbonyl (C=O) groups is 1. The first kappa shape index (κ1) is 13.6. The topological polar surface area (TPSA) is 36.4 Å². The molecule has 0 saturated carbocycles. The molecule has 1 aromatic carbocycles. The van der Waals surface area contributed by atoms with Crippen molar-refractivity contribution in [2.24, 2.45) is 0 Å². The molecule has 0 N–H and O–H groups in total. The zero-order chi connectivity index (χ0) is 14.7. The Balaban J connectivity index is 1.64. The zero-order valence-electron chi connectivity index (χ0n) is 12.2. The van der Waals surface area contributed by atoms with Crippen LogP contribution in [0.15, 0.2) is 48.8 Å². The standard InChI is InChI=1S/C17H19N3O/c1-14-11-15(13-18-12-14)17(21)20-9-7-19(8-10-20)16-5-3-2-4-6-16/h2-6,11-13H,7-10H2,1H3. The number of aryl methyl sites for hydroxylation is 1. The quantitative estimate of drug-likeness (QED) is 0.848. The third-order valence-electron chi connectivity index (χ3n) is 3.81. The molecular formula is C17H19N3O. The van der Waals surface area contributed by atoms with E-state index in [0.29, 0.717) is 5.56 Å². The molecule has 0 atom stereocenters. The fraction of sp³-hybridized carbons (Fsp3) is 0.294. The van der Waals surface area contributed by atoms with E-state index in [4.69, 9.17) is 0 Å². The first-order chi connectivity index (χ1) is 10.2. The van der Waals surface area contributed by atoms with Crippen molar-refractivity contribution in [2.45, 2.75) is 6.92 Å². The van der Waals surface area contributed by atoms with E-state index in [9.17, 15) is 4.79 Å². The molecule has 4 nitrogen and oxygen atoms in total. The number of rotatable bonds is 2. The van der Waals surface area contributed by atoms with Crippen LogP contribution >= 0.6 is 0 Å². The number of pyridine rings is 1. The van der Waals surface area contributed by atoms with E-state index >= 15 is 0 Å². The van der Waals surface area contributed by atoms with E-state index in [1.807, 2.05) is 36.1 Å². The molecule has 0 bridgehead atoms. The summed E-state index contributed by atoms with van der Waals surface area (Å²) >= 11 is 0. The SMILES string of the molecule is Cc1cncc(C(=O)N2CCN(c3ccccc3)CC2)c1. The van der Waals surface area contributed by atoms with Gasteiger partial charge in [-0.2, -0.15) is 0 Å². The van der Waals surface area contributed by atoms with Crippen molar-refractivity contribution in [3.8, 4) is 0 Å². The Morgan fingerprint density at radius 2 is 1.76 bits per heavy atom. The van der Waals surface area contributed by atoms with Crippen LogP contribution in [-0.4, -0.2) is 42.0 Å². The number of hydrogen-bond acceptors (Lipinski definition) is 3. The Labute approximate surface area is 125 Å². The third kappa shape index (κ3) is 3.05. The molecule has 0 aliphatic carbocycles. The van der Waals surface area contributed by atoms with E-state index in [2.05, 4.69) is 22.0 Å². The molecule has 3 rings (SSSR count). The van der Waals surface area contributed by atoms with Crippen LogP contribution in [0.3, 0.4) is 0 Å². The lowest BCUT2D eigenvalue weighted by Crippen LogP contribution is -2.48. The number of para-hydroxylation sites is 1. The summed E-state index contributed by atoms with van der Waals surface area (Å²) in [5.74, 6) is 0.0823. The van der Waals surface area contributed by atoms with Gasteiger partial charge in [0.05, 0.1) is 5.56 Å². The first-order valence-electron chi connectivity index (χ1n) is 7.25. The van der Waals surface area contributed by atoms with Gasteiger partial charge in [0.25, 0.3) is 5.91 Å². The van der Waals surface area contributed by atoms with Crippen LogP contribution in [0.5, 0.6) is 0 Å². The van der Waals surface area contributed by atoms with Gasteiger partial charge >= 0.3 is 0 Å². The largest absolute Gasteiger partial charge is 0.368 e. The third-order valence-corrected chi connectivity index (χ3v) is 3.81. The molecular weight excluding hydrogens is 262 g/mol. The number of carbonyl (C=O) groups excluding carboxylic acids is 1. The van der Waals surface area contributed by atoms with Gasteiger partial charge in [-0.15, -0.1) is 0 Å². The van der Waals surface area contributed by atoms with Gasteiger partial charge in [-0.05, 0) is 30.7 Å². The second-order valence-corrected chi connectivity index (χ2v) is 5.37. The van der Waals surface area contributed by atoms with Crippen LogP contribution in [0, 0.1) is 6.92 Å². The molecule has 2 heterocycles. The normalized spacial score (nSPS) is 15.1. The Morgan fingerprint density at radius 1 is 1.05 bits per heavy atom. The molecule has 1 fully saturated rings. The van der Waals surface area contributed by atoms with Crippen molar-refractivity contribution < 1.29 is 4.79 Å². The molecule has 4 heteroatoms. The van der Waals surface area contributed by atoms with Gasteiger partial charge in [0.1, 0.15) is 0 Å². The summed E-state index contributed by atoms with van der Waals surface area (Å²) in [6.07, 6.45) is 3.42. The van der Waals surface area contributed by atoms with Crippen molar-refractivity contribution in [1.29, 1.82) is 0 Å². The molecule has 1 aliphatic heterocycles. The maximum absolute atomic E-state index is 12.5. The number of piperazine rings is 1. The Kier molecular flexibility index (Phi) is 3.86. The number of nitrogens with zero attached hydrogens (tertiary/aromatic N) is 3. The van der Waals surface area contributed by atoms with Crippen molar-refractivity contribution >= 4 is 11.6 Å². The van der Waals surface area contributed by atoms with Crippen LogP contribution in [0.1, 0.15) is 15.9 Å². The summed E-state index contributed by atoms with van der Waals surface area (Å²) in [5, 5.41) is 0. The summed E-state index contributed by atoms with van der Waals surface area (Å²) in [6, 6.07) is 12.2. The Hall–Kier alpha value is -2.36. The predicted molar refractivity (Wildman–Crippen MR) is 83.5 cm³/mol. The molecule has 0 radical (unpaired) electrons. The van der Waals surface area contributed by atoms with E-state index in [0.717, 1.165) is 31.7 Å². The highest BCUT2D eigenvalue weighted by atomic mass is 16.2. The molecule has 1 aliphatic rings. The average molecular weight is 281 g/mol. The number of hydrogen-bond donors (Lipinski definition) is 0. The molecule has 21 heavy (non-hydrogen) atoms. The maximum Gasteiger partial charge on any atom is 0.255 e. The van der Waals surface area contributed by atoms with Crippen LogP contribution in [0.4, 0.5) is 5.69 Å². The van der Waals surface area contributed by atoms with Gasteiger partial charge in [-0.1, -0.05) is 18.2 Å². The molecule has 108 valence electrons. The summed E-state index contributed by atoms with van der Waals surface area (Å²) in [4.78, 5) is 20.8. The van der Waals surface area contributed by atoms with Crippen molar-refractivity contribution in [2.75, 3.05) is 31.1 Å². The zero-order valence-corrected chi connectivity index (χ0v) is 12.2. The fourth-order valence-corrected chi connectivity index (χ4v) is 2.66. The minimum Gasteiger partial charge on any atom is -0.368 e. The van der Waals surface area contributed by atoms with Gasteiger partial charge in [-0.25, -0.2) is 0 Å². The van der Waals surface area contributed by atoms with E-state index in [1.165, 1.54) is 5.69 Å². The second-order valence-electron chi connectivity index (χ2n) is 5.37. The lowest BCUT2D eigenvalue weighted by atomic mass is 10.2. The predicted octanol–water partition coefficient (Wildman–Crippen LogP) is 2.35. The average Bonchev–Trinajstić information content (AvgIpc) is 2.55. The Bertz CT molecular complexity index is 619. The van der Waals surface area contributed by atoms with E-state index < -0.39 is 0 Å². The van der Waals surface area contributed by atoms with Crippen LogP contribution in [0.25, 0.3) is 0 Å². The van der Waals surface area contributed by atoms with Gasteiger partial charge in [0.2, 0.25) is 0 Å². The van der Waals surface area contributed by atoms with Crippen molar-refractivity contribution in [3.05, 3.63) is 59.9 Å². The molecule has 0 unspecified atom stereocenters. The minimum atomic E-state index is 0.0823. The minimum absolute atomic E-state index is 0.0823. The van der Waals surface area contributed by atoms with Gasteiger partial charge in [0, 0.05) is 44.3 Å². The summed E-state index contributed by atoms with van der Waals surface area (Å²) in [7, 11) is 0. The van der Waals surface area contributed by atoms with Crippen LogP contribution in [-0.2, 0) is 0 Å². The lowest BCUT2D eigenvalue weighted by molar-refractivity contribution is 0.0746. The summed E-state index contributed by atoms with van der Waals surface area (Å²) in [6.45, 7) is 5.20. The second kappa shape index (κ2) is 5.95. The number of anilines is 1. The van der Waals surface area contributed by atoms with Crippen LogP contribution < -0.4 is 4.90 Å². The number of amides is 1. The van der Waals surface area contributed by atoms with Gasteiger partial charge in [0.15, 0.2) is 0 Å². The van der Waals surface area contributed by atoms with Crippen molar-refractivity contribution in [1.82, 2.24) is 9.88 Å². The summed E-state index contributed by atoms with van der Waals surface area (Å²) in [5.41, 5.74) is 2.92. The number of aromatic nitrogens is 1. The Morgan fingerprint density at radius 3 is 2.43 bits per heavy atom. The molecule has 1 amide bonds. The first-order valence-corrected chi connectivity index (χ1v) is 7.25. The van der Waals surface area contributed by atoms with E-state index in [1.54, 1.807) is 12.4 Å². The molecule has 0 spiro atoms. The van der Waals surface area contributed by atoms with Gasteiger partial charge in [-0.3, -0.25) is 9.78 Å². The molecule has 2 aromatic rings. The summed E-state index contributed by atoms with van der Waals surface area (Å²) < 4.78 is 0. The van der Waals surface area contributed by atoms with Crippen LogP contribution in [0.2, 0.25) is 0 Å². The monoisotopic (exact) mass is 281 g/mol. The highest BCUT2D eigenvalue weighted by Crippen LogP contribution is 2.16. The maximum atomic E-state index is 12.5. The molecule has 1 saturated heterocycles. The van der Waals surface area contributed by atoms with E-state index in [-0.39, 0.29) is 5.91 Å². The smallest absolute Gasteiger partial charge is 0.255 e. The van der Waals surface area contributed by atoms with Crippen molar-refractivity contribution in [3.63, 3.8) is 0 Å². The number of benzene rings is 1.